The van der Waals surface area contributed by atoms with Crippen molar-refractivity contribution in [3.05, 3.63) is 29.8 Å². The zero-order valence-corrected chi connectivity index (χ0v) is 13.2. The van der Waals surface area contributed by atoms with Crippen LogP contribution in [0.3, 0.4) is 0 Å². The highest BCUT2D eigenvalue weighted by molar-refractivity contribution is 5.92. The van der Waals surface area contributed by atoms with Gasteiger partial charge < -0.3 is 10.1 Å². The van der Waals surface area contributed by atoms with Crippen molar-refractivity contribution in [2.75, 3.05) is 25.5 Å². The van der Waals surface area contributed by atoms with Crippen LogP contribution < -0.4 is 5.32 Å². The van der Waals surface area contributed by atoms with Gasteiger partial charge in [-0.2, -0.15) is 0 Å². The molecule has 5 nitrogen and oxygen atoms in total. The third-order valence-corrected chi connectivity index (χ3v) is 3.28. The van der Waals surface area contributed by atoms with Gasteiger partial charge in [0.05, 0.1) is 20.2 Å². The maximum Gasteiger partial charge on any atom is 0.319 e. The fourth-order valence-electron chi connectivity index (χ4n) is 1.86. The number of anilines is 1. The van der Waals surface area contributed by atoms with Crippen LogP contribution in [-0.2, 0) is 20.7 Å². The minimum Gasteiger partial charge on any atom is -0.468 e. The summed E-state index contributed by atoms with van der Waals surface area (Å²) in [4.78, 5) is 25.2. The van der Waals surface area contributed by atoms with Gasteiger partial charge in [-0.25, -0.2) is 0 Å². The molecule has 0 aromatic heterocycles. The normalized spacial score (nSPS) is 10.8. The number of rotatable bonds is 7. The van der Waals surface area contributed by atoms with Gasteiger partial charge in [-0.1, -0.05) is 19.1 Å². The molecule has 1 aromatic rings. The summed E-state index contributed by atoms with van der Waals surface area (Å²) in [5, 5.41) is 2.84. The van der Waals surface area contributed by atoms with E-state index in [-0.39, 0.29) is 31.0 Å². The summed E-state index contributed by atoms with van der Waals surface area (Å²) in [5.74, 6) is -0.486. The van der Waals surface area contributed by atoms with Crippen LogP contribution in [0.25, 0.3) is 0 Å². The fraction of sp³-hybridized carbons (Fsp3) is 0.500. The molecule has 1 N–H and O–H groups in total. The molecule has 0 radical (unpaired) electrons. The summed E-state index contributed by atoms with van der Waals surface area (Å²) in [5.41, 5.74) is 1.99. The number of carbonyl (C=O) groups excluding carboxylic acids is 2. The number of ether oxygens (including phenoxy) is 1. The van der Waals surface area contributed by atoms with Crippen molar-refractivity contribution < 1.29 is 14.3 Å². The summed E-state index contributed by atoms with van der Waals surface area (Å²) in [6.07, 6.45) is 0.967. The summed E-state index contributed by atoms with van der Waals surface area (Å²) < 4.78 is 4.64. The summed E-state index contributed by atoms with van der Waals surface area (Å²) in [6.45, 7) is 6.22. The Bertz CT molecular complexity index is 469. The lowest BCUT2D eigenvalue weighted by molar-refractivity contribution is -0.142. The van der Waals surface area contributed by atoms with Gasteiger partial charge in [-0.3, -0.25) is 14.5 Å². The van der Waals surface area contributed by atoms with Crippen LogP contribution >= 0.6 is 0 Å². The first kappa shape index (κ1) is 17.2. The lowest BCUT2D eigenvalue weighted by atomic mass is 10.1. The van der Waals surface area contributed by atoms with Crippen molar-refractivity contribution in [2.45, 2.75) is 33.2 Å². The Hall–Kier alpha value is -1.88. The van der Waals surface area contributed by atoms with E-state index in [1.54, 1.807) is 4.90 Å². The number of hydrogen-bond donors (Lipinski definition) is 1. The highest BCUT2D eigenvalue weighted by atomic mass is 16.5. The standard InChI is InChI=1S/C16H24N2O3/c1-5-13-6-8-14(9-7-13)17-15(19)10-18(12(2)3)11-16(20)21-4/h6-9,12H,5,10-11H2,1-4H3,(H,17,19). The second-order valence-corrected chi connectivity index (χ2v) is 5.17. The number of methoxy groups -OCH3 is 1. The summed E-state index contributed by atoms with van der Waals surface area (Å²) >= 11 is 0. The highest BCUT2D eigenvalue weighted by Gasteiger charge is 2.17. The second-order valence-electron chi connectivity index (χ2n) is 5.17. The molecule has 0 aliphatic carbocycles. The quantitative estimate of drug-likeness (QED) is 0.782. The van der Waals surface area contributed by atoms with Gasteiger partial charge in [-0.05, 0) is 38.0 Å². The SMILES string of the molecule is CCc1ccc(NC(=O)CN(CC(=O)OC)C(C)C)cc1. The van der Waals surface area contributed by atoms with Crippen molar-refractivity contribution in [1.82, 2.24) is 4.90 Å². The smallest absolute Gasteiger partial charge is 0.319 e. The van der Waals surface area contributed by atoms with E-state index in [2.05, 4.69) is 17.0 Å². The molecule has 0 saturated carbocycles. The topological polar surface area (TPSA) is 58.6 Å². The number of amides is 1. The van der Waals surface area contributed by atoms with E-state index in [9.17, 15) is 9.59 Å². The Morgan fingerprint density at radius 1 is 1.19 bits per heavy atom. The molecule has 1 aromatic carbocycles. The number of benzene rings is 1. The Kier molecular flexibility index (Phi) is 6.88. The highest BCUT2D eigenvalue weighted by Crippen LogP contribution is 2.10. The molecular weight excluding hydrogens is 268 g/mol. The van der Waals surface area contributed by atoms with E-state index < -0.39 is 0 Å². The summed E-state index contributed by atoms with van der Waals surface area (Å²) in [7, 11) is 1.34. The number of nitrogens with one attached hydrogen (secondary N) is 1. The predicted molar refractivity (Wildman–Crippen MR) is 83.2 cm³/mol. The van der Waals surface area contributed by atoms with Crippen molar-refractivity contribution in [2.24, 2.45) is 0 Å². The van der Waals surface area contributed by atoms with Gasteiger partial charge in [0.2, 0.25) is 5.91 Å². The van der Waals surface area contributed by atoms with Crippen molar-refractivity contribution >= 4 is 17.6 Å². The molecule has 116 valence electrons. The predicted octanol–water partition coefficient (Wildman–Crippen LogP) is 2.07. The number of aryl methyl sites for hydroxylation is 1. The van der Waals surface area contributed by atoms with Gasteiger partial charge in [-0.15, -0.1) is 0 Å². The van der Waals surface area contributed by atoms with E-state index in [0.29, 0.717) is 0 Å². The molecule has 0 aliphatic heterocycles. The largest absolute Gasteiger partial charge is 0.468 e. The molecule has 0 spiro atoms. The summed E-state index contributed by atoms with van der Waals surface area (Å²) in [6, 6.07) is 7.83. The molecule has 5 heteroatoms. The zero-order valence-electron chi connectivity index (χ0n) is 13.2. The molecule has 0 atom stereocenters. The third kappa shape index (κ3) is 5.95. The van der Waals surface area contributed by atoms with Gasteiger partial charge in [0.25, 0.3) is 0 Å². The fourth-order valence-corrected chi connectivity index (χ4v) is 1.86. The number of hydrogen-bond acceptors (Lipinski definition) is 4. The average molecular weight is 292 g/mol. The van der Waals surface area contributed by atoms with Crippen molar-refractivity contribution in [3.8, 4) is 0 Å². The van der Waals surface area contributed by atoms with Crippen LogP contribution in [0.4, 0.5) is 5.69 Å². The van der Waals surface area contributed by atoms with Crippen LogP contribution in [-0.4, -0.2) is 43.0 Å². The molecule has 0 aliphatic rings. The van der Waals surface area contributed by atoms with Gasteiger partial charge in [0, 0.05) is 11.7 Å². The van der Waals surface area contributed by atoms with Crippen LogP contribution in [0.2, 0.25) is 0 Å². The molecule has 0 heterocycles. The van der Waals surface area contributed by atoms with Crippen LogP contribution in [0.5, 0.6) is 0 Å². The van der Waals surface area contributed by atoms with Crippen LogP contribution in [0.1, 0.15) is 26.3 Å². The first-order valence-electron chi connectivity index (χ1n) is 7.16. The molecular formula is C16H24N2O3. The van der Waals surface area contributed by atoms with Crippen molar-refractivity contribution in [3.63, 3.8) is 0 Å². The van der Waals surface area contributed by atoms with E-state index in [1.165, 1.54) is 12.7 Å². The second kappa shape index (κ2) is 8.42. The van der Waals surface area contributed by atoms with Crippen LogP contribution in [0.15, 0.2) is 24.3 Å². The number of nitrogens with zero attached hydrogens (tertiary/aromatic N) is 1. The molecule has 1 rings (SSSR count). The lowest BCUT2D eigenvalue weighted by Crippen LogP contribution is -2.41. The van der Waals surface area contributed by atoms with E-state index in [0.717, 1.165) is 12.1 Å². The zero-order chi connectivity index (χ0) is 15.8. The molecule has 0 unspecified atom stereocenters. The minimum absolute atomic E-state index is 0.0808. The van der Waals surface area contributed by atoms with Gasteiger partial charge in [0.1, 0.15) is 0 Å². The Morgan fingerprint density at radius 2 is 1.81 bits per heavy atom. The molecule has 0 saturated heterocycles. The first-order valence-corrected chi connectivity index (χ1v) is 7.16. The Morgan fingerprint density at radius 3 is 2.29 bits per heavy atom. The lowest BCUT2D eigenvalue weighted by Gasteiger charge is -2.24. The molecule has 1 amide bonds. The molecule has 0 bridgehead atoms. The monoisotopic (exact) mass is 292 g/mol. The van der Waals surface area contributed by atoms with E-state index in [4.69, 9.17) is 0 Å². The van der Waals surface area contributed by atoms with Gasteiger partial charge in [0.15, 0.2) is 0 Å². The van der Waals surface area contributed by atoms with Gasteiger partial charge >= 0.3 is 5.97 Å². The average Bonchev–Trinajstić information content (AvgIpc) is 2.47. The number of esters is 1. The van der Waals surface area contributed by atoms with E-state index >= 15 is 0 Å². The van der Waals surface area contributed by atoms with Crippen LogP contribution in [0, 0.1) is 0 Å². The number of carbonyl (C=O) groups is 2. The van der Waals surface area contributed by atoms with E-state index in [1.807, 2.05) is 38.1 Å². The maximum atomic E-state index is 12.0. The Labute approximate surface area is 126 Å². The third-order valence-electron chi connectivity index (χ3n) is 3.28. The maximum absolute atomic E-state index is 12.0. The minimum atomic E-state index is -0.344. The molecule has 21 heavy (non-hydrogen) atoms. The molecule has 0 fully saturated rings. The first-order chi connectivity index (χ1) is 9.96. The Balaban J connectivity index is 2.58. The van der Waals surface area contributed by atoms with Crippen molar-refractivity contribution in [1.29, 1.82) is 0 Å².